The Labute approximate surface area is 219 Å². The lowest BCUT2D eigenvalue weighted by molar-refractivity contribution is -0.147. The molecule has 0 saturated carbocycles. The number of halogens is 1. The minimum absolute atomic E-state index is 0.120. The Hall–Kier alpha value is -4.22. The van der Waals surface area contributed by atoms with Crippen LogP contribution in [-0.2, 0) is 20.9 Å². The van der Waals surface area contributed by atoms with Crippen molar-refractivity contribution in [3.05, 3.63) is 53.5 Å². The monoisotopic (exact) mass is 527 g/mol. The van der Waals surface area contributed by atoms with Crippen molar-refractivity contribution >= 4 is 17.9 Å². The first-order valence-electron chi connectivity index (χ1n) is 12.1. The van der Waals surface area contributed by atoms with Crippen LogP contribution in [0.3, 0.4) is 0 Å². The third-order valence-electron chi connectivity index (χ3n) is 5.90. The quantitative estimate of drug-likeness (QED) is 0.438. The van der Waals surface area contributed by atoms with Crippen LogP contribution in [-0.4, -0.2) is 70.7 Å². The van der Waals surface area contributed by atoms with Crippen LogP contribution in [0.5, 0.6) is 5.88 Å². The molecule has 12 heteroatoms. The van der Waals surface area contributed by atoms with E-state index in [-0.39, 0.29) is 31.4 Å². The average molecular weight is 528 g/mol. The van der Waals surface area contributed by atoms with E-state index in [0.717, 1.165) is 0 Å². The van der Waals surface area contributed by atoms with Gasteiger partial charge in [-0.25, -0.2) is 14.0 Å². The number of carbonyl (C=O) groups is 2. The maximum absolute atomic E-state index is 13.3. The van der Waals surface area contributed by atoms with Gasteiger partial charge < -0.3 is 23.6 Å². The lowest BCUT2D eigenvalue weighted by Gasteiger charge is -2.40. The molecular formula is C26H30FN5O6. The fourth-order valence-electron chi connectivity index (χ4n) is 3.97. The van der Waals surface area contributed by atoms with E-state index in [4.69, 9.17) is 18.7 Å². The smallest absolute Gasteiger partial charge is 0.411 e. The zero-order valence-electron chi connectivity index (χ0n) is 21.9. The zero-order chi connectivity index (χ0) is 27.4. The molecule has 1 aliphatic heterocycles. The molecule has 0 radical (unpaired) electrons. The van der Waals surface area contributed by atoms with Crippen LogP contribution in [0.15, 0.2) is 40.9 Å². The lowest BCUT2D eigenvalue weighted by Crippen LogP contribution is -2.59. The van der Waals surface area contributed by atoms with Gasteiger partial charge in [0.15, 0.2) is 11.9 Å². The predicted octanol–water partition coefficient (Wildman–Crippen LogP) is 3.76. The normalized spacial score (nSPS) is 15.8. The van der Waals surface area contributed by atoms with Crippen molar-refractivity contribution in [2.45, 2.75) is 45.9 Å². The van der Waals surface area contributed by atoms with E-state index in [1.165, 1.54) is 24.1 Å². The summed E-state index contributed by atoms with van der Waals surface area (Å²) >= 11 is 0. The largest absolute Gasteiger partial charge is 0.472 e. The molecule has 4 rings (SSSR count). The molecule has 3 heterocycles. The second kappa shape index (κ2) is 11.0. The third-order valence-corrected chi connectivity index (χ3v) is 5.90. The standard InChI is InChI=1S/C26H30FN5O6/c1-16-19(23(30-38-16)17-6-8-18(27)9-7-17)15-36-22-11-10-21(28-29-22)31-12-13-32(20(14-31)24(33)35-5)25(34)37-26(2,3)4/h6-11,20H,12-15H2,1-5H3. The van der Waals surface area contributed by atoms with E-state index >= 15 is 0 Å². The summed E-state index contributed by atoms with van der Waals surface area (Å²) in [6.07, 6.45) is -0.577. The molecule has 38 heavy (non-hydrogen) atoms. The van der Waals surface area contributed by atoms with Gasteiger partial charge in [0.2, 0.25) is 5.88 Å². The molecule has 1 saturated heterocycles. The van der Waals surface area contributed by atoms with E-state index in [9.17, 15) is 14.0 Å². The molecule has 2 aromatic heterocycles. The summed E-state index contributed by atoms with van der Waals surface area (Å²) in [7, 11) is 1.28. The van der Waals surface area contributed by atoms with Crippen molar-refractivity contribution < 1.29 is 32.7 Å². The fourth-order valence-corrected chi connectivity index (χ4v) is 3.97. The maximum Gasteiger partial charge on any atom is 0.411 e. The van der Waals surface area contributed by atoms with Gasteiger partial charge >= 0.3 is 12.1 Å². The molecule has 1 atom stereocenters. The molecule has 0 spiro atoms. The molecule has 11 nitrogen and oxygen atoms in total. The van der Waals surface area contributed by atoms with Gasteiger partial charge in [0, 0.05) is 24.7 Å². The zero-order valence-corrected chi connectivity index (χ0v) is 21.9. The van der Waals surface area contributed by atoms with Crippen LogP contribution >= 0.6 is 0 Å². The summed E-state index contributed by atoms with van der Waals surface area (Å²) in [5, 5.41) is 12.5. The van der Waals surface area contributed by atoms with Crippen molar-refractivity contribution in [3.8, 4) is 17.1 Å². The predicted molar refractivity (Wildman–Crippen MR) is 134 cm³/mol. The Bertz CT molecular complexity index is 1270. The Kier molecular flexibility index (Phi) is 7.79. The average Bonchev–Trinajstić information content (AvgIpc) is 3.26. The van der Waals surface area contributed by atoms with Gasteiger partial charge in [0.05, 0.1) is 19.2 Å². The van der Waals surface area contributed by atoms with Crippen LogP contribution in [0.4, 0.5) is 15.0 Å². The first-order chi connectivity index (χ1) is 18.1. The number of benzene rings is 1. The maximum atomic E-state index is 13.3. The molecular weight excluding hydrogens is 497 g/mol. The lowest BCUT2D eigenvalue weighted by atomic mass is 10.1. The second-order valence-corrected chi connectivity index (χ2v) is 9.75. The molecule has 1 amide bonds. The highest BCUT2D eigenvalue weighted by Gasteiger charge is 2.38. The fraction of sp³-hybridized carbons (Fsp3) is 0.423. The first kappa shape index (κ1) is 26.8. The number of hydrogen-bond acceptors (Lipinski definition) is 10. The summed E-state index contributed by atoms with van der Waals surface area (Å²) in [5.41, 5.74) is 1.28. The molecule has 1 fully saturated rings. The number of aromatic nitrogens is 3. The van der Waals surface area contributed by atoms with Crippen molar-refractivity contribution in [1.29, 1.82) is 0 Å². The summed E-state index contributed by atoms with van der Waals surface area (Å²) < 4.78 is 34.8. The Morgan fingerprint density at radius 3 is 2.47 bits per heavy atom. The summed E-state index contributed by atoms with van der Waals surface area (Å²) in [6.45, 7) is 8.01. The molecule has 1 aromatic carbocycles. The number of hydrogen-bond donors (Lipinski definition) is 0. The minimum Gasteiger partial charge on any atom is -0.472 e. The van der Waals surface area contributed by atoms with Gasteiger partial charge in [-0.2, -0.15) is 0 Å². The molecule has 1 aliphatic rings. The van der Waals surface area contributed by atoms with E-state index in [0.29, 0.717) is 34.9 Å². The van der Waals surface area contributed by atoms with Gasteiger partial charge in [-0.05, 0) is 58.0 Å². The van der Waals surface area contributed by atoms with E-state index < -0.39 is 23.7 Å². The highest BCUT2D eigenvalue weighted by Crippen LogP contribution is 2.27. The van der Waals surface area contributed by atoms with Crippen molar-refractivity contribution in [2.24, 2.45) is 0 Å². The number of nitrogens with zero attached hydrogens (tertiary/aromatic N) is 5. The Morgan fingerprint density at radius 1 is 1.11 bits per heavy atom. The molecule has 1 unspecified atom stereocenters. The van der Waals surface area contributed by atoms with Gasteiger partial charge in [0.1, 0.15) is 29.5 Å². The van der Waals surface area contributed by atoms with Crippen molar-refractivity contribution in [1.82, 2.24) is 20.3 Å². The van der Waals surface area contributed by atoms with E-state index in [1.54, 1.807) is 52.0 Å². The first-order valence-corrected chi connectivity index (χ1v) is 12.1. The Balaban J connectivity index is 1.42. The number of amides is 1. The molecule has 3 aromatic rings. The van der Waals surface area contributed by atoms with Crippen LogP contribution in [0.1, 0.15) is 32.1 Å². The number of ether oxygens (including phenoxy) is 3. The van der Waals surface area contributed by atoms with Crippen LogP contribution in [0.25, 0.3) is 11.3 Å². The van der Waals surface area contributed by atoms with Crippen LogP contribution < -0.4 is 9.64 Å². The van der Waals surface area contributed by atoms with E-state index in [1.807, 2.05) is 4.90 Å². The van der Waals surface area contributed by atoms with Crippen LogP contribution in [0, 0.1) is 12.7 Å². The number of piperazine rings is 1. The number of esters is 1. The number of carbonyl (C=O) groups excluding carboxylic acids is 2. The van der Waals surface area contributed by atoms with Gasteiger partial charge in [0.25, 0.3) is 0 Å². The number of methoxy groups -OCH3 is 1. The molecule has 202 valence electrons. The molecule has 0 N–H and O–H groups in total. The highest BCUT2D eigenvalue weighted by atomic mass is 19.1. The topological polar surface area (TPSA) is 120 Å². The van der Waals surface area contributed by atoms with E-state index in [2.05, 4.69) is 15.4 Å². The van der Waals surface area contributed by atoms with Gasteiger partial charge in [-0.1, -0.05) is 5.16 Å². The second-order valence-electron chi connectivity index (χ2n) is 9.75. The summed E-state index contributed by atoms with van der Waals surface area (Å²) in [6, 6.07) is 8.47. The number of rotatable bonds is 6. The molecule has 0 aliphatic carbocycles. The van der Waals surface area contributed by atoms with Crippen molar-refractivity contribution in [3.63, 3.8) is 0 Å². The molecule has 0 bridgehead atoms. The highest BCUT2D eigenvalue weighted by molar-refractivity contribution is 5.82. The third kappa shape index (κ3) is 6.18. The number of aryl methyl sites for hydroxylation is 1. The number of anilines is 1. The Morgan fingerprint density at radius 2 is 1.84 bits per heavy atom. The SMILES string of the molecule is COC(=O)C1CN(c2ccc(OCc3c(-c4ccc(F)cc4)noc3C)nn2)CCN1C(=O)OC(C)(C)C. The van der Waals surface area contributed by atoms with Gasteiger partial charge in [-0.15, -0.1) is 10.2 Å². The van der Waals surface area contributed by atoms with Crippen LogP contribution in [0.2, 0.25) is 0 Å². The van der Waals surface area contributed by atoms with Gasteiger partial charge in [-0.3, -0.25) is 4.90 Å². The summed E-state index contributed by atoms with van der Waals surface area (Å²) in [4.78, 5) is 28.3. The minimum atomic E-state index is -0.859. The summed E-state index contributed by atoms with van der Waals surface area (Å²) in [5.74, 6) is 0.478. The van der Waals surface area contributed by atoms with Crippen molar-refractivity contribution in [2.75, 3.05) is 31.6 Å².